The molecule has 0 radical (unpaired) electrons. The molecule has 23 heavy (non-hydrogen) atoms. The highest BCUT2D eigenvalue weighted by Gasteiger charge is 2.19. The maximum absolute atomic E-state index is 12.5. The van der Waals surface area contributed by atoms with E-state index in [2.05, 4.69) is 14.9 Å². The smallest absolute Gasteiger partial charge is 0.222 e. The third-order valence-corrected chi connectivity index (χ3v) is 5.28. The predicted molar refractivity (Wildman–Crippen MR) is 92.8 cm³/mol. The molecule has 0 N–H and O–H groups in total. The quantitative estimate of drug-likeness (QED) is 0.864. The number of aryl methyl sites for hydroxylation is 2. The molecule has 0 aliphatic carbocycles. The highest BCUT2D eigenvalue weighted by atomic mass is 32.1. The molecule has 3 rings (SSSR count). The van der Waals surface area contributed by atoms with Gasteiger partial charge in [0.15, 0.2) is 0 Å². The van der Waals surface area contributed by atoms with Crippen molar-refractivity contribution in [2.75, 3.05) is 31.1 Å². The molecule has 0 bridgehead atoms. The standard InChI is InChI=1S/C17H22N4OS/c1-14-16(23-13-19-14)3-4-17(22)21-10-2-9-20(11-12-21)15-5-7-18-8-6-15/h5-8,13H,2-4,9-12H2,1H3. The van der Waals surface area contributed by atoms with Crippen LogP contribution in [0.2, 0.25) is 0 Å². The van der Waals surface area contributed by atoms with Crippen LogP contribution in [0.5, 0.6) is 0 Å². The van der Waals surface area contributed by atoms with Crippen LogP contribution < -0.4 is 4.90 Å². The van der Waals surface area contributed by atoms with E-state index in [0.29, 0.717) is 6.42 Å². The summed E-state index contributed by atoms with van der Waals surface area (Å²) in [5, 5.41) is 0. The van der Waals surface area contributed by atoms with Crippen molar-refractivity contribution in [3.05, 3.63) is 40.6 Å². The molecule has 1 aliphatic rings. The first-order chi connectivity index (χ1) is 11.2. The van der Waals surface area contributed by atoms with Gasteiger partial charge in [0.05, 0.1) is 11.2 Å². The Morgan fingerprint density at radius 1 is 1.22 bits per heavy atom. The Balaban J connectivity index is 1.53. The molecule has 0 spiro atoms. The molecule has 3 heterocycles. The summed E-state index contributed by atoms with van der Waals surface area (Å²) < 4.78 is 0. The number of hydrogen-bond donors (Lipinski definition) is 0. The maximum Gasteiger partial charge on any atom is 0.222 e. The van der Waals surface area contributed by atoms with Crippen LogP contribution in [0.4, 0.5) is 5.69 Å². The molecule has 5 nitrogen and oxygen atoms in total. The van der Waals surface area contributed by atoms with Crippen molar-refractivity contribution in [1.82, 2.24) is 14.9 Å². The van der Waals surface area contributed by atoms with Gasteiger partial charge in [-0.2, -0.15) is 0 Å². The molecule has 2 aromatic rings. The Morgan fingerprint density at radius 3 is 2.78 bits per heavy atom. The van der Waals surface area contributed by atoms with Crippen LogP contribution in [-0.2, 0) is 11.2 Å². The van der Waals surface area contributed by atoms with Gasteiger partial charge in [0.25, 0.3) is 0 Å². The fourth-order valence-electron chi connectivity index (χ4n) is 2.92. The zero-order valence-electron chi connectivity index (χ0n) is 13.4. The zero-order valence-corrected chi connectivity index (χ0v) is 14.3. The van der Waals surface area contributed by atoms with E-state index in [1.165, 1.54) is 10.6 Å². The first-order valence-corrected chi connectivity index (χ1v) is 8.94. The average Bonchev–Trinajstić information content (AvgIpc) is 2.85. The Bertz CT molecular complexity index is 643. The van der Waals surface area contributed by atoms with Gasteiger partial charge in [0.1, 0.15) is 0 Å². The predicted octanol–water partition coefficient (Wildman–Crippen LogP) is 2.52. The van der Waals surface area contributed by atoms with Gasteiger partial charge in [-0.1, -0.05) is 0 Å². The molecule has 0 atom stereocenters. The summed E-state index contributed by atoms with van der Waals surface area (Å²) in [5.74, 6) is 0.259. The van der Waals surface area contributed by atoms with Gasteiger partial charge in [-0.3, -0.25) is 9.78 Å². The molecule has 1 aliphatic heterocycles. The van der Waals surface area contributed by atoms with E-state index in [-0.39, 0.29) is 5.91 Å². The second kappa shape index (κ2) is 7.55. The summed E-state index contributed by atoms with van der Waals surface area (Å²) in [7, 11) is 0. The zero-order chi connectivity index (χ0) is 16.1. The Morgan fingerprint density at radius 2 is 2.04 bits per heavy atom. The van der Waals surface area contributed by atoms with E-state index >= 15 is 0 Å². The number of thiazole rings is 1. The fraction of sp³-hybridized carbons (Fsp3) is 0.471. The summed E-state index contributed by atoms with van der Waals surface area (Å²) in [6, 6.07) is 4.06. The third-order valence-electron chi connectivity index (χ3n) is 4.29. The van der Waals surface area contributed by atoms with Gasteiger partial charge >= 0.3 is 0 Å². The van der Waals surface area contributed by atoms with E-state index in [0.717, 1.165) is 44.7 Å². The van der Waals surface area contributed by atoms with E-state index < -0.39 is 0 Å². The second-order valence-corrected chi connectivity index (χ2v) is 6.73. The fourth-order valence-corrected chi connectivity index (χ4v) is 3.71. The molecule has 0 unspecified atom stereocenters. The molecule has 0 saturated carbocycles. The van der Waals surface area contributed by atoms with Crippen molar-refractivity contribution in [1.29, 1.82) is 0 Å². The van der Waals surface area contributed by atoms with Gasteiger partial charge in [-0.25, -0.2) is 4.98 Å². The van der Waals surface area contributed by atoms with Crippen LogP contribution in [0.15, 0.2) is 30.0 Å². The van der Waals surface area contributed by atoms with Crippen molar-refractivity contribution < 1.29 is 4.79 Å². The van der Waals surface area contributed by atoms with E-state index in [1.807, 2.05) is 41.9 Å². The number of aromatic nitrogens is 2. The van der Waals surface area contributed by atoms with Crippen molar-refractivity contribution >= 4 is 22.9 Å². The van der Waals surface area contributed by atoms with Crippen LogP contribution in [-0.4, -0.2) is 47.0 Å². The number of rotatable bonds is 4. The Kier molecular flexibility index (Phi) is 5.23. The second-order valence-electron chi connectivity index (χ2n) is 5.79. The third kappa shape index (κ3) is 4.07. The highest BCUT2D eigenvalue weighted by molar-refractivity contribution is 7.09. The minimum Gasteiger partial charge on any atom is -0.370 e. The number of hydrogen-bond acceptors (Lipinski definition) is 5. The van der Waals surface area contributed by atoms with E-state index in [1.54, 1.807) is 11.3 Å². The molecule has 1 saturated heterocycles. The van der Waals surface area contributed by atoms with Gasteiger partial charge in [-0.15, -0.1) is 11.3 Å². The first kappa shape index (κ1) is 15.9. The van der Waals surface area contributed by atoms with Crippen LogP contribution >= 0.6 is 11.3 Å². The SMILES string of the molecule is Cc1ncsc1CCC(=O)N1CCCN(c2ccncc2)CC1. The molecule has 1 fully saturated rings. The lowest BCUT2D eigenvalue weighted by Gasteiger charge is -2.23. The summed E-state index contributed by atoms with van der Waals surface area (Å²) in [6.45, 7) is 5.52. The average molecular weight is 330 g/mol. The molecular weight excluding hydrogens is 308 g/mol. The largest absolute Gasteiger partial charge is 0.370 e. The lowest BCUT2D eigenvalue weighted by Crippen LogP contribution is -2.35. The van der Waals surface area contributed by atoms with Crippen molar-refractivity contribution in [2.45, 2.75) is 26.2 Å². The lowest BCUT2D eigenvalue weighted by atomic mass is 10.2. The summed E-state index contributed by atoms with van der Waals surface area (Å²) in [6.07, 6.45) is 6.03. The van der Waals surface area contributed by atoms with Crippen LogP contribution in [0.25, 0.3) is 0 Å². The van der Waals surface area contributed by atoms with Gasteiger partial charge in [0.2, 0.25) is 5.91 Å². The summed E-state index contributed by atoms with van der Waals surface area (Å²) in [4.78, 5) is 26.4. The van der Waals surface area contributed by atoms with E-state index in [4.69, 9.17) is 0 Å². The highest BCUT2D eigenvalue weighted by Crippen LogP contribution is 2.17. The van der Waals surface area contributed by atoms with Crippen molar-refractivity contribution in [3.63, 3.8) is 0 Å². The Hall–Kier alpha value is -1.95. The number of anilines is 1. The van der Waals surface area contributed by atoms with Gasteiger partial charge < -0.3 is 9.80 Å². The van der Waals surface area contributed by atoms with Crippen molar-refractivity contribution in [3.8, 4) is 0 Å². The number of carbonyl (C=O) groups excluding carboxylic acids is 1. The van der Waals surface area contributed by atoms with Crippen LogP contribution in [0.1, 0.15) is 23.4 Å². The van der Waals surface area contributed by atoms with Crippen LogP contribution in [0, 0.1) is 6.92 Å². The maximum atomic E-state index is 12.5. The van der Waals surface area contributed by atoms with Gasteiger partial charge in [-0.05, 0) is 31.9 Å². The molecule has 1 amide bonds. The number of nitrogens with zero attached hydrogens (tertiary/aromatic N) is 4. The topological polar surface area (TPSA) is 49.3 Å². The minimum absolute atomic E-state index is 0.259. The first-order valence-electron chi connectivity index (χ1n) is 8.06. The molecule has 6 heteroatoms. The molecule has 0 aromatic carbocycles. The monoisotopic (exact) mass is 330 g/mol. The number of pyridine rings is 1. The molecule has 122 valence electrons. The summed E-state index contributed by atoms with van der Waals surface area (Å²) in [5.41, 5.74) is 4.10. The molecule has 2 aromatic heterocycles. The van der Waals surface area contributed by atoms with Crippen molar-refractivity contribution in [2.24, 2.45) is 0 Å². The normalized spacial score (nSPS) is 15.5. The number of amides is 1. The molecular formula is C17H22N4OS. The number of carbonyl (C=O) groups is 1. The van der Waals surface area contributed by atoms with E-state index in [9.17, 15) is 4.79 Å². The Labute approximate surface area is 141 Å². The lowest BCUT2D eigenvalue weighted by molar-refractivity contribution is -0.130. The van der Waals surface area contributed by atoms with Gasteiger partial charge in [0, 0.05) is 55.6 Å². The minimum atomic E-state index is 0.259. The summed E-state index contributed by atoms with van der Waals surface area (Å²) >= 11 is 1.64. The van der Waals surface area contributed by atoms with Crippen LogP contribution in [0.3, 0.4) is 0 Å².